The van der Waals surface area contributed by atoms with Gasteiger partial charge in [0, 0.05) is 26.2 Å². The normalized spacial score (nSPS) is 17.3. The monoisotopic (exact) mass is 524 g/mol. The molecule has 2 amide bonds. The molecule has 1 spiro atoms. The molecule has 1 unspecified atom stereocenters. The summed E-state index contributed by atoms with van der Waals surface area (Å²) in [5.41, 5.74) is 5.49. The Labute approximate surface area is 213 Å². The Hall–Kier alpha value is -2.71. The first-order chi connectivity index (χ1) is 17.3. The third-order valence-corrected chi connectivity index (χ3v) is 5.97. The van der Waals surface area contributed by atoms with Gasteiger partial charge < -0.3 is 24.8 Å². The highest BCUT2D eigenvalue weighted by Crippen LogP contribution is 2.35. The van der Waals surface area contributed by atoms with Crippen molar-refractivity contribution in [3.05, 3.63) is 65.7 Å². The van der Waals surface area contributed by atoms with Gasteiger partial charge in [-0.2, -0.15) is 0 Å². The minimum Gasteiger partial charge on any atom is -0.388 e. The summed E-state index contributed by atoms with van der Waals surface area (Å²) in [6.45, 7) is 9.20. The average Bonchev–Trinajstić information content (AvgIpc) is 3.49. The highest BCUT2D eigenvalue weighted by Gasteiger charge is 2.48. The van der Waals surface area contributed by atoms with Gasteiger partial charge in [-0.1, -0.05) is 38.1 Å². The van der Waals surface area contributed by atoms with Crippen molar-refractivity contribution in [2.24, 2.45) is 5.73 Å². The molecule has 0 aliphatic carbocycles. The fourth-order valence-corrected chi connectivity index (χ4v) is 4.42. The molecule has 2 N–H and O–H groups in total. The number of nitrogens with zero attached hydrogens (tertiary/aromatic N) is 1. The topological polar surface area (TPSA) is 91.1 Å². The Morgan fingerprint density at radius 3 is 2.36 bits per heavy atom. The van der Waals surface area contributed by atoms with Gasteiger partial charge in [0.15, 0.2) is 5.79 Å². The molecule has 4 rings (SSSR count). The molecule has 1 aromatic carbocycles. The molecule has 198 valence electrons. The number of rotatable bonds is 4. The maximum absolute atomic E-state index is 14.6. The summed E-state index contributed by atoms with van der Waals surface area (Å²) in [5, 5.41) is 0. The second-order valence-electron chi connectivity index (χ2n) is 7.54. The molecule has 2 saturated heterocycles. The first kappa shape index (κ1) is 31.3. The summed E-state index contributed by atoms with van der Waals surface area (Å²) in [4.78, 5) is 23.1. The van der Waals surface area contributed by atoms with Crippen LogP contribution in [-0.4, -0.2) is 63.0 Å². The molecular weight excluding hydrogens is 489 g/mol. The van der Waals surface area contributed by atoms with Crippen LogP contribution >= 0.6 is 8.19 Å². The van der Waals surface area contributed by atoms with E-state index in [9.17, 15) is 13.6 Å². The molecule has 2 aliphatic rings. The Morgan fingerprint density at radius 2 is 1.86 bits per heavy atom. The maximum Gasteiger partial charge on any atom is 0.227 e. The molecule has 10 heteroatoms. The number of likely N-dealkylation sites (tertiary alicyclic amines) is 1. The van der Waals surface area contributed by atoms with Crippen LogP contribution in [0.2, 0.25) is 0 Å². The predicted molar refractivity (Wildman–Crippen MR) is 137 cm³/mol. The highest BCUT2D eigenvalue weighted by molar-refractivity contribution is 7.28. The van der Waals surface area contributed by atoms with Crippen LogP contribution in [0.25, 0.3) is 11.1 Å². The summed E-state index contributed by atoms with van der Waals surface area (Å²) < 4.78 is 43.4. The van der Waals surface area contributed by atoms with E-state index in [2.05, 4.69) is 17.0 Å². The zero-order valence-corrected chi connectivity index (χ0v) is 22.1. The third-order valence-electron chi connectivity index (χ3n) is 5.16. The summed E-state index contributed by atoms with van der Waals surface area (Å²) in [7, 11) is 3.66. The fourth-order valence-electron chi connectivity index (χ4n) is 3.77. The Morgan fingerprint density at radius 1 is 1.25 bits per heavy atom. The van der Waals surface area contributed by atoms with E-state index in [1.807, 2.05) is 13.8 Å². The minimum absolute atomic E-state index is 0.0766. The van der Waals surface area contributed by atoms with Crippen molar-refractivity contribution in [2.45, 2.75) is 38.5 Å². The second-order valence-corrected chi connectivity index (χ2v) is 8.48. The van der Waals surface area contributed by atoms with Crippen LogP contribution in [0.1, 0.15) is 25.8 Å². The van der Waals surface area contributed by atoms with Crippen molar-refractivity contribution in [2.75, 3.05) is 34.0 Å². The molecular formula is C26H35F2N2O5P. The van der Waals surface area contributed by atoms with Crippen LogP contribution in [0.3, 0.4) is 0 Å². The maximum atomic E-state index is 14.6. The molecule has 2 aliphatic heterocycles. The molecule has 7 nitrogen and oxygen atoms in total. The van der Waals surface area contributed by atoms with Gasteiger partial charge in [-0.15, -0.1) is 6.58 Å². The SMILES string of the molecule is C=CC1CC2(CN1C(=O)Cc1ccc(-c3ccc(F)pc3)c(F)c1)OCCO2.CC.COC.NC=O. The van der Waals surface area contributed by atoms with E-state index < -0.39 is 11.6 Å². The summed E-state index contributed by atoms with van der Waals surface area (Å²) in [5.74, 6) is 0.326. The van der Waals surface area contributed by atoms with Gasteiger partial charge in [-0.3, -0.25) is 9.59 Å². The van der Waals surface area contributed by atoms with Gasteiger partial charge in [0.2, 0.25) is 12.3 Å². The van der Waals surface area contributed by atoms with Crippen LogP contribution in [0.4, 0.5) is 8.78 Å². The van der Waals surface area contributed by atoms with Crippen molar-refractivity contribution in [3.8, 4) is 11.1 Å². The summed E-state index contributed by atoms with van der Waals surface area (Å²) >= 11 is 0. The van der Waals surface area contributed by atoms with Crippen molar-refractivity contribution >= 4 is 20.5 Å². The van der Waals surface area contributed by atoms with Gasteiger partial charge >= 0.3 is 0 Å². The van der Waals surface area contributed by atoms with Crippen LogP contribution in [0.5, 0.6) is 0 Å². The molecule has 2 fully saturated rings. The van der Waals surface area contributed by atoms with Gasteiger partial charge in [0.05, 0.1) is 32.2 Å². The van der Waals surface area contributed by atoms with Crippen LogP contribution in [-0.2, 0) is 30.2 Å². The fraction of sp³-hybridized carbons (Fsp3) is 0.423. The number of amides is 2. The number of primary amides is 1. The van der Waals surface area contributed by atoms with Crippen LogP contribution in [0, 0.1) is 11.4 Å². The predicted octanol–water partition coefficient (Wildman–Crippen LogP) is 4.67. The number of halogens is 2. The Balaban J connectivity index is 0.000000725. The van der Waals surface area contributed by atoms with Gasteiger partial charge in [-0.05, 0) is 37.3 Å². The average molecular weight is 525 g/mol. The molecule has 36 heavy (non-hydrogen) atoms. The van der Waals surface area contributed by atoms with Crippen molar-refractivity contribution in [3.63, 3.8) is 0 Å². The zero-order chi connectivity index (χ0) is 27.1. The van der Waals surface area contributed by atoms with E-state index in [4.69, 9.17) is 14.3 Å². The van der Waals surface area contributed by atoms with Crippen molar-refractivity contribution in [1.29, 1.82) is 0 Å². The number of methoxy groups -OCH3 is 1. The van der Waals surface area contributed by atoms with Gasteiger partial charge in [-0.25, -0.2) is 8.78 Å². The van der Waals surface area contributed by atoms with E-state index in [1.54, 1.807) is 49.2 Å². The number of carbonyl (C=O) groups excluding carboxylic acids is 2. The Bertz CT molecular complexity index is 969. The number of hydrogen-bond donors (Lipinski definition) is 1. The van der Waals surface area contributed by atoms with Crippen LogP contribution < -0.4 is 5.73 Å². The number of nitrogens with two attached hydrogens (primary N) is 1. The van der Waals surface area contributed by atoms with E-state index in [-0.39, 0.29) is 30.3 Å². The molecule has 0 bridgehead atoms. The lowest BCUT2D eigenvalue weighted by atomic mass is 10.0. The lowest BCUT2D eigenvalue weighted by molar-refractivity contribution is -0.152. The molecule has 0 saturated carbocycles. The van der Waals surface area contributed by atoms with Crippen molar-refractivity contribution in [1.82, 2.24) is 4.90 Å². The molecule has 1 atom stereocenters. The number of benzene rings is 1. The second kappa shape index (κ2) is 16.1. The third kappa shape index (κ3) is 8.75. The standard InChI is InChI=1S/C21H20F2NO3P.C2H6O.C2H6.CH3NO/c1-2-16-11-21(26-7-8-27-21)13-24(16)20(25)10-14-3-5-17(18(22)9-14)15-4-6-19(23)28-12-15;1-3-2;1-2;2-1-3/h2-6,9,12,16H,1,7-8,10-11,13H2;1-2H3;1-2H3;1H,(H2,2,3). The smallest absolute Gasteiger partial charge is 0.227 e. The number of ether oxygens (including phenoxy) is 3. The van der Waals surface area contributed by atoms with Gasteiger partial charge in [0.1, 0.15) is 11.4 Å². The first-order valence-electron chi connectivity index (χ1n) is 11.5. The van der Waals surface area contributed by atoms with E-state index in [0.29, 0.717) is 51.1 Å². The summed E-state index contributed by atoms with van der Waals surface area (Å²) in [6, 6.07) is 7.44. The summed E-state index contributed by atoms with van der Waals surface area (Å²) in [6.07, 6.45) is 2.61. The first-order valence-corrected chi connectivity index (χ1v) is 12.4. The lowest BCUT2D eigenvalue weighted by Crippen LogP contribution is -2.39. The largest absolute Gasteiger partial charge is 0.388 e. The minimum atomic E-state index is -0.741. The van der Waals surface area contributed by atoms with E-state index in [1.165, 1.54) is 12.1 Å². The number of hydrogen-bond acceptors (Lipinski definition) is 5. The number of carbonyl (C=O) groups is 2. The van der Waals surface area contributed by atoms with E-state index in [0.717, 1.165) is 0 Å². The molecule has 1 aromatic heterocycles. The highest BCUT2D eigenvalue weighted by atomic mass is 31.0. The van der Waals surface area contributed by atoms with E-state index >= 15 is 0 Å². The zero-order valence-electron chi connectivity index (χ0n) is 21.2. The molecule has 2 aromatic rings. The van der Waals surface area contributed by atoms with Crippen molar-refractivity contribution < 1.29 is 32.6 Å². The molecule has 3 heterocycles. The lowest BCUT2D eigenvalue weighted by Gasteiger charge is -2.23. The molecule has 0 radical (unpaired) electrons. The Kier molecular flexibility index (Phi) is 14.0. The van der Waals surface area contributed by atoms with Gasteiger partial charge in [0.25, 0.3) is 0 Å². The quantitative estimate of drug-likeness (QED) is 0.464. The van der Waals surface area contributed by atoms with Crippen LogP contribution in [0.15, 0.2) is 48.8 Å².